The van der Waals surface area contributed by atoms with Gasteiger partial charge >= 0.3 is 0 Å². The minimum Gasteiger partial charge on any atom is -0.249 e. The Kier molecular flexibility index (Phi) is 3.81. The van der Waals surface area contributed by atoms with Crippen molar-refractivity contribution in [2.45, 2.75) is 26.2 Å². The van der Waals surface area contributed by atoms with Gasteiger partial charge in [0.25, 0.3) is 0 Å². The Hall–Kier alpha value is -1.76. The number of nitrogens with zero attached hydrogens (tertiary/aromatic N) is 1. The first-order valence-electron chi connectivity index (χ1n) is 6.17. The highest BCUT2D eigenvalue weighted by Gasteiger charge is 2.09. The second-order valence-corrected chi connectivity index (χ2v) is 4.32. The van der Waals surface area contributed by atoms with Gasteiger partial charge in [0.05, 0.1) is 11.4 Å². The number of hydrogen-bond donors (Lipinski definition) is 0. The summed E-state index contributed by atoms with van der Waals surface area (Å²) in [6, 6.07) is 18.5. The normalized spacial score (nSPS) is 12.1. The summed E-state index contributed by atoms with van der Waals surface area (Å²) in [5.41, 5.74) is 3.44. The molecule has 0 saturated heterocycles. The first-order chi connectivity index (χ1) is 8.31. The molecule has 2 rings (SSSR count). The lowest BCUT2D eigenvalue weighted by molar-refractivity contribution is 0.731. The molecule has 2 aromatic carbocycles. The fourth-order valence-electron chi connectivity index (χ4n) is 1.87. The van der Waals surface area contributed by atoms with Crippen LogP contribution in [0.1, 0.15) is 31.7 Å². The van der Waals surface area contributed by atoms with Gasteiger partial charge in [0, 0.05) is 0 Å². The average molecular weight is 224 g/mol. The highest BCUT2D eigenvalue weighted by Crippen LogP contribution is 2.28. The van der Waals surface area contributed by atoms with Crippen LogP contribution in [0.4, 0.5) is 11.4 Å². The van der Waals surface area contributed by atoms with Crippen LogP contribution >= 0.6 is 0 Å². The second kappa shape index (κ2) is 5.53. The lowest BCUT2D eigenvalue weighted by atomic mass is 9.97. The zero-order chi connectivity index (χ0) is 12.1. The Balaban J connectivity index is 2.27. The molecule has 0 aromatic heterocycles. The molecular formula is C16H18N. The average Bonchev–Trinajstić information content (AvgIpc) is 2.40. The molecule has 0 aliphatic heterocycles. The predicted octanol–water partition coefficient (Wildman–Crippen LogP) is 4.77. The first kappa shape index (κ1) is 11.7. The molecule has 0 aliphatic carbocycles. The molecule has 0 amide bonds. The summed E-state index contributed by atoms with van der Waals surface area (Å²) in [6.07, 6.45) is 1.14. The largest absolute Gasteiger partial charge is 0.249 e. The van der Waals surface area contributed by atoms with Crippen molar-refractivity contribution in [1.29, 1.82) is 0 Å². The van der Waals surface area contributed by atoms with Gasteiger partial charge in [-0.05, 0) is 36.1 Å². The summed E-state index contributed by atoms with van der Waals surface area (Å²) < 4.78 is 0. The number of para-hydroxylation sites is 2. The van der Waals surface area contributed by atoms with Crippen molar-refractivity contribution in [3.63, 3.8) is 0 Å². The van der Waals surface area contributed by atoms with Gasteiger partial charge in [0.15, 0.2) is 0 Å². The molecule has 1 radical (unpaired) electrons. The van der Waals surface area contributed by atoms with Gasteiger partial charge in [-0.15, -0.1) is 0 Å². The van der Waals surface area contributed by atoms with Crippen molar-refractivity contribution >= 4 is 11.4 Å². The molecule has 1 heteroatoms. The maximum Gasteiger partial charge on any atom is 0.0671 e. The standard InChI is InChI=1S/C16H18N/c1-3-13(2)15-11-7-8-12-16(15)17-14-9-5-4-6-10-14/h4-13H,3H2,1-2H3. The van der Waals surface area contributed by atoms with Crippen molar-refractivity contribution in [2.75, 3.05) is 0 Å². The van der Waals surface area contributed by atoms with Crippen LogP contribution in [0.5, 0.6) is 0 Å². The third-order valence-corrected chi connectivity index (χ3v) is 3.09. The summed E-state index contributed by atoms with van der Waals surface area (Å²) >= 11 is 0. The highest BCUT2D eigenvalue weighted by atomic mass is 14.9. The van der Waals surface area contributed by atoms with E-state index in [4.69, 9.17) is 5.32 Å². The van der Waals surface area contributed by atoms with E-state index < -0.39 is 0 Å². The number of hydrogen-bond acceptors (Lipinski definition) is 0. The van der Waals surface area contributed by atoms with E-state index in [1.165, 1.54) is 5.56 Å². The Morgan fingerprint density at radius 3 is 2.29 bits per heavy atom. The summed E-state index contributed by atoms with van der Waals surface area (Å²) in [6.45, 7) is 4.46. The van der Waals surface area contributed by atoms with Crippen molar-refractivity contribution < 1.29 is 0 Å². The van der Waals surface area contributed by atoms with Crippen LogP contribution in [0.3, 0.4) is 0 Å². The van der Waals surface area contributed by atoms with Gasteiger partial charge in [-0.2, -0.15) is 0 Å². The van der Waals surface area contributed by atoms with Crippen LogP contribution in [0.25, 0.3) is 0 Å². The van der Waals surface area contributed by atoms with E-state index in [-0.39, 0.29) is 0 Å². The van der Waals surface area contributed by atoms with Crippen molar-refractivity contribution in [3.8, 4) is 0 Å². The molecule has 1 atom stereocenters. The molecule has 0 N–H and O–H groups in total. The van der Waals surface area contributed by atoms with Crippen LogP contribution in [-0.2, 0) is 0 Å². The van der Waals surface area contributed by atoms with Crippen LogP contribution < -0.4 is 5.32 Å². The van der Waals surface area contributed by atoms with E-state index >= 15 is 0 Å². The minimum absolute atomic E-state index is 0.554. The SMILES string of the molecule is CCC(C)c1ccccc1[N]c1ccccc1. The molecule has 1 nitrogen and oxygen atoms in total. The van der Waals surface area contributed by atoms with Gasteiger partial charge in [-0.1, -0.05) is 50.2 Å². The molecule has 2 aromatic rings. The van der Waals surface area contributed by atoms with Crippen LogP contribution in [0.2, 0.25) is 0 Å². The van der Waals surface area contributed by atoms with Gasteiger partial charge in [-0.25, -0.2) is 5.32 Å². The van der Waals surface area contributed by atoms with Crippen LogP contribution in [-0.4, -0.2) is 0 Å². The van der Waals surface area contributed by atoms with Crippen molar-refractivity contribution in [2.24, 2.45) is 0 Å². The molecule has 87 valence electrons. The fourth-order valence-corrected chi connectivity index (χ4v) is 1.87. The molecular weight excluding hydrogens is 206 g/mol. The molecule has 0 fully saturated rings. The molecule has 17 heavy (non-hydrogen) atoms. The zero-order valence-electron chi connectivity index (χ0n) is 10.4. The third-order valence-electron chi connectivity index (χ3n) is 3.09. The molecule has 0 spiro atoms. The topological polar surface area (TPSA) is 14.1 Å². The Morgan fingerprint density at radius 1 is 0.941 bits per heavy atom. The van der Waals surface area contributed by atoms with E-state index in [1.807, 2.05) is 36.4 Å². The maximum atomic E-state index is 4.71. The second-order valence-electron chi connectivity index (χ2n) is 4.32. The lowest BCUT2D eigenvalue weighted by Crippen LogP contribution is -1.98. The minimum atomic E-state index is 0.554. The van der Waals surface area contributed by atoms with E-state index in [0.717, 1.165) is 17.8 Å². The molecule has 0 heterocycles. The summed E-state index contributed by atoms with van der Waals surface area (Å²) in [5.74, 6) is 0.554. The lowest BCUT2D eigenvalue weighted by Gasteiger charge is -2.14. The molecule has 1 unspecified atom stereocenters. The Morgan fingerprint density at radius 2 is 1.59 bits per heavy atom. The van der Waals surface area contributed by atoms with Gasteiger partial charge in [0.2, 0.25) is 0 Å². The van der Waals surface area contributed by atoms with Crippen molar-refractivity contribution in [1.82, 2.24) is 5.32 Å². The quantitative estimate of drug-likeness (QED) is 0.710. The number of rotatable bonds is 4. The Labute approximate surface area is 103 Å². The molecule has 0 saturated carbocycles. The summed E-state index contributed by atoms with van der Waals surface area (Å²) in [4.78, 5) is 0. The number of benzene rings is 2. The molecule has 0 bridgehead atoms. The van der Waals surface area contributed by atoms with E-state index in [1.54, 1.807) is 0 Å². The molecule has 0 aliphatic rings. The van der Waals surface area contributed by atoms with Crippen molar-refractivity contribution in [3.05, 3.63) is 60.2 Å². The van der Waals surface area contributed by atoms with Gasteiger partial charge in [-0.3, -0.25) is 0 Å². The van der Waals surface area contributed by atoms with Gasteiger partial charge < -0.3 is 0 Å². The van der Waals surface area contributed by atoms with E-state index in [0.29, 0.717) is 5.92 Å². The van der Waals surface area contributed by atoms with Gasteiger partial charge in [0.1, 0.15) is 0 Å². The third kappa shape index (κ3) is 2.88. The fraction of sp³-hybridized carbons (Fsp3) is 0.250. The smallest absolute Gasteiger partial charge is 0.0671 e. The maximum absolute atomic E-state index is 4.71. The van der Waals surface area contributed by atoms with E-state index in [9.17, 15) is 0 Å². The zero-order valence-corrected chi connectivity index (χ0v) is 10.4. The Bertz CT molecular complexity index is 462. The highest BCUT2D eigenvalue weighted by molar-refractivity contribution is 5.54. The van der Waals surface area contributed by atoms with Crippen LogP contribution in [0.15, 0.2) is 54.6 Å². The predicted molar refractivity (Wildman–Crippen MR) is 73.0 cm³/mol. The van der Waals surface area contributed by atoms with E-state index in [2.05, 4.69) is 32.0 Å². The monoisotopic (exact) mass is 224 g/mol. The summed E-state index contributed by atoms with van der Waals surface area (Å²) in [5, 5.41) is 4.71. The first-order valence-corrected chi connectivity index (χ1v) is 6.17. The summed E-state index contributed by atoms with van der Waals surface area (Å²) in [7, 11) is 0. The van der Waals surface area contributed by atoms with Crippen LogP contribution in [0, 0.1) is 0 Å².